The Morgan fingerprint density at radius 1 is 1.06 bits per heavy atom. The predicted molar refractivity (Wildman–Crippen MR) is 107 cm³/mol. The molecular weight excluding hydrogens is 447 g/mol. The molecule has 2 heterocycles. The first-order valence-electron chi connectivity index (χ1n) is 9.40. The van der Waals surface area contributed by atoms with E-state index >= 15 is 0 Å². The summed E-state index contributed by atoms with van der Waals surface area (Å²) in [6.07, 6.45) is -2.67. The van der Waals surface area contributed by atoms with Crippen LogP contribution in [0.15, 0.2) is 65.6 Å². The van der Waals surface area contributed by atoms with Gasteiger partial charge in [0.2, 0.25) is 11.8 Å². The maximum atomic E-state index is 14.4. The Morgan fingerprint density at radius 2 is 1.85 bits per heavy atom. The van der Waals surface area contributed by atoms with Crippen molar-refractivity contribution in [2.45, 2.75) is 12.6 Å². The van der Waals surface area contributed by atoms with Crippen molar-refractivity contribution in [1.29, 1.82) is 0 Å². The van der Waals surface area contributed by atoms with Crippen LogP contribution in [0.3, 0.4) is 0 Å². The van der Waals surface area contributed by atoms with Crippen LogP contribution in [-0.2, 0) is 17.4 Å². The SMILES string of the molecule is O=C(Cc1ccccc1C(F)(F)F)Nc1onc(-c2ccc(F)cc2F)c1-c1ccncn1. The van der Waals surface area contributed by atoms with Gasteiger partial charge in [-0.15, -0.1) is 0 Å². The van der Waals surface area contributed by atoms with Crippen molar-refractivity contribution in [3.05, 3.63) is 83.8 Å². The molecule has 0 aliphatic rings. The number of halogens is 5. The number of hydrogen-bond donors (Lipinski definition) is 1. The van der Waals surface area contributed by atoms with E-state index in [2.05, 4.69) is 20.4 Å². The Kier molecular flexibility index (Phi) is 5.86. The van der Waals surface area contributed by atoms with Crippen LogP contribution >= 0.6 is 0 Å². The second-order valence-corrected chi connectivity index (χ2v) is 6.83. The summed E-state index contributed by atoms with van der Waals surface area (Å²) in [5.74, 6) is -2.83. The highest BCUT2D eigenvalue weighted by atomic mass is 19.4. The first kappa shape index (κ1) is 22.1. The van der Waals surface area contributed by atoms with Crippen LogP contribution in [0.2, 0.25) is 0 Å². The first-order chi connectivity index (χ1) is 15.7. The molecule has 4 aromatic rings. The Labute approximate surface area is 183 Å². The lowest BCUT2D eigenvalue weighted by Gasteiger charge is -2.12. The normalized spacial score (nSPS) is 11.4. The summed E-state index contributed by atoms with van der Waals surface area (Å²) < 4.78 is 72.6. The van der Waals surface area contributed by atoms with Crippen molar-refractivity contribution in [2.75, 3.05) is 5.32 Å². The molecule has 0 bridgehead atoms. The molecule has 0 fully saturated rings. The number of carbonyl (C=O) groups excluding carboxylic acids is 1. The highest BCUT2D eigenvalue weighted by molar-refractivity contribution is 5.97. The smallest absolute Gasteiger partial charge is 0.337 e. The van der Waals surface area contributed by atoms with Gasteiger partial charge in [0.25, 0.3) is 0 Å². The molecule has 0 saturated carbocycles. The van der Waals surface area contributed by atoms with Crippen LogP contribution in [0.4, 0.5) is 27.8 Å². The summed E-state index contributed by atoms with van der Waals surface area (Å²) >= 11 is 0. The predicted octanol–water partition coefficient (Wildman–Crippen LogP) is 5.28. The minimum atomic E-state index is -4.64. The lowest BCUT2D eigenvalue weighted by Crippen LogP contribution is -2.18. The Balaban J connectivity index is 1.71. The zero-order valence-electron chi connectivity index (χ0n) is 16.5. The molecular formula is C22H13F5N4O2. The van der Waals surface area contributed by atoms with Gasteiger partial charge in [-0.2, -0.15) is 13.2 Å². The van der Waals surface area contributed by atoms with Crippen LogP contribution in [-0.4, -0.2) is 21.0 Å². The number of benzene rings is 2. The molecule has 0 saturated heterocycles. The van der Waals surface area contributed by atoms with E-state index in [1.807, 2.05) is 0 Å². The van der Waals surface area contributed by atoms with Crippen LogP contribution in [0.1, 0.15) is 11.1 Å². The van der Waals surface area contributed by atoms with Gasteiger partial charge in [0, 0.05) is 17.8 Å². The van der Waals surface area contributed by atoms with E-state index in [0.717, 1.165) is 18.2 Å². The second-order valence-electron chi connectivity index (χ2n) is 6.83. The highest BCUT2D eigenvalue weighted by Crippen LogP contribution is 2.38. The number of rotatable bonds is 5. The lowest BCUT2D eigenvalue weighted by atomic mass is 10.0. The highest BCUT2D eigenvalue weighted by Gasteiger charge is 2.33. The molecule has 2 aromatic carbocycles. The van der Waals surface area contributed by atoms with Gasteiger partial charge >= 0.3 is 6.18 Å². The summed E-state index contributed by atoms with van der Waals surface area (Å²) in [6, 6.07) is 8.91. The molecule has 33 heavy (non-hydrogen) atoms. The van der Waals surface area contributed by atoms with Gasteiger partial charge in [-0.1, -0.05) is 23.4 Å². The third kappa shape index (κ3) is 4.71. The number of aromatic nitrogens is 3. The Hall–Kier alpha value is -4.15. The van der Waals surface area contributed by atoms with E-state index in [9.17, 15) is 26.7 Å². The number of nitrogens with one attached hydrogen (secondary N) is 1. The van der Waals surface area contributed by atoms with Crippen molar-refractivity contribution < 1.29 is 31.3 Å². The molecule has 168 valence electrons. The number of nitrogens with zero attached hydrogens (tertiary/aromatic N) is 3. The molecule has 0 aliphatic heterocycles. The number of hydrogen-bond acceptors (Lipinski definition) is 5. The molecule has 2 aromatic heterocycles. The number of carbonyl (C=O) groups is 1. The minimum Gasteiger partial charge on any atom is -0.337 e. The van der Waals surface area contributed by atoms with Crippen LogP contribution in [0, 0.1) is 11.6 Å². The fourth-order valence-corrected chi connectivity index (χ4v) is 3.21. The summed E-state index contributed by atoms with van der Waals surface area (Å²) in [7, 11) is 0. The van der Waals surface area contributed by atoms with Crippen molar-refractivity contribution in [1.82, 2.24) is 15.1 Å². The average molecular weight is 460 g/mol. The maximum Gasteiger partial charge on any atom is 0.416 e. The molecule has 0 unspecified atom stereocenters. The Morgan fingerprint density at radius 3 is 2.55 bits per heavy atom. The Bertz CT molecular complexity index is 1310. The van der Waals surface area contributed by atoms with Crippen molar-refractivity contribution >= 4 is 11.8 Å². The standard InChI is InChI=1S/C22H13F5N4O2/c23-13-5-6-14(16(24)10-13)20-19(17-7-8-28-11-29-17)21(33-31-20)30-18(32)9-12-3-1-2-4-15(12)22(25,26)27/h1-8,10-11H,9H2,(H,30,32). The molecule has 1 amide bonds. The van der Waals surface area contributed by atoms with E-state index in [1.54, 1.807) is 0 Å². The van der Waals surface area contributed by atoms with Crippen molar-refractivity contribution in [2.24, 2.45) is 0 Å². The zero-order valence-corrected chi connectivity index (χ0v) is 16.5. The maximum absolute atomic E-state index is 14.4. The van der Waals surface area contributed by atoms with E-state index < -0.39 is 35.7 Å². The van der Waals surface area contributed by atoms with Gasteiger partial charge in [-0.05, 0) is 29.8 Å². The van der Waals surface area contributed by atoms with Crippen LogP contribution in [0.25, 0.3) is 22.5 Å². The molecule has 6 nitrogen and oxygen atoms in total. The van der Waals surface area contributed by atoms with E-state index in [0.29, 0.717) is 6.07 Å². The fourth-order valence-electron chi connectivity index (χ4n) is 3.21. The van der Waals surface area contributed by atoms with Crippen molar-refractivity contribution in [3.63, 3.8) is 0 Å². The van der Waals surface area contributed by atoms with Crippen molar-refractivity contribution in [3.8, 4) is 22.5 Å². The average Bonchev–Trinajstić information content (AvgIpc) is 3.17. The van der Waals surface area contributed by atoms with E-state index in [1.165, 1.54) is 36.8 Å². The molecule has 1 N–H and O–H groups in total. The molecule has 4 rings (SSSR count). The monoisotopic (exact) mass is 460 g/mol. The molecule has 0 spiro atoms. The minimum absolute atomic E-state index is 0.0559. The van der Waals surface area contributed by atoms with Gasteiger partial charge in [0.1, 0.15) is 23.7 Å². The molecule has 0 radical (unpaired) electrons. The fraction of sp³-hybridized carbons (Fsp3) is 0.0909. The second kappa shape index (κ2) is 8.77. The number of anilines is 1. The summed E-state index contributed by atoms with van der Waals surface area (Å²) in [6.45, 7) is 0. The summed E-state index contributed by atoms with van der Waals surface area (Å²) in [4.78, 5) is 20.4. The quantitative estimate of drug-likeness (QED) is 0.410. The van der Waals surface area contributed by atoms with Gasteiger partial charge in [0.15, 0.2) is 0 Å². The van der Waals surface area contributed by atoms with Gasteiger partial charge < -0.3 is 4.52 Å². The largest absolute Gasteiger partial charge is 0.416 e. The molecule has 11 heteroatoms. The van der Waals surface area contributed by atoms with E-state index in [-0.39, 0.29) is 34.0 Å². The van der Waals surface area contributed by atoms with Gasteiger partial charge in [-0.3, -0.25) is 10.1 Å². The zero-order chi connectivity index (χ0) is 23.6. The number of alkyl halides is 3. The van der Waals surface area contributed by atoms with E-state index in [4.69, 9.17) is 4.52 Å². The first-order valence-corrected chi connectivity index (χ1v) is 9.40. The molecule has 0 aliphatic carbocycles. The number of amides is 1. The van der Waals surface area contributed by atoms with Gasteiger partial charge in [-0.25, -0.2) is 18.7 Å². The lowest BCUT2D eigenvalue weighted by molar-refractivity contribution is -0.138. The van der Waals surface area contributed by atoms with Gasteiger partial charge in [0.05, 0.1) is 23.2 Å². The third-order valence-electron chi connectivity index (χ3n) is 4.64. The van der Waals surface area contributed by atoms with Crippen LogP contribution < -0.4 is 5.32 Å². The molecule has 0 atom stereocenters. The summed E-state index contributed by atoms with van der Waals surface area (Å²) in [5, 5.41) is 6.14. The third-order valence-corrected chi connectivity index (χ3v) is 4.64. The summed E-state index contributed by atoms with van der Waals surface area (Å²) in [5.41, 5.74) is -1.15. The topological polar surface area (TPSA) is 80.9 Å². The van der Waals surface area contributed by atoms with Crippen LogP contribution in [0.5, 0.6) is 0 Å².